The van der Waals surface area contributed by atoms with Crippen LogP contribution in [0.2, 0.25) is 0 Å². The van der Waals surface area contributed by atoms with Crippen LogP contribution in [0.1, 0.15) is 5.69 Å². The molecule has 0 saturated carbocycles. The van der Waals surface area contributed by atoms with Crippen molar-refractivity contribution in [1.82, 2.24) is 9.38 Å². The molecule has 3 aromatic rings. The summed E-state index contributed by atoms with van der Waals surface area (Å²) in [6, 6.07) is 6.43. The van der Waals surface area contributed by atoms with E-state index < -0.39 is 0 Å². The second kappa shape index (κ2) is 4.64. The van der Waals surface area contributed by atoms with Gasteiger partial charge in [0.25, 0.3) is 0 Å². The van der Waals surface area contributed by atoms with Crippen molar-refractivity contribution in [1.29, 1.82) is 0 Å². The molecule has 0 atom stereocenters. The van der Waals surface area contributed by atoms with Crippen LogP contribution in [0.4, 0.5) is 15.9 Å². The number of nitrogens with two attached hydrogens (primary N) is 1. The lowest BCUT2D eigenvalue weighted by atomic mass is 10.2. The summed E-state index contributed by atoms with van der Waals surface area (Å²) in [7, 11) is 1.86. The van der Waals surface area contributed by atoms with Crippen molar-refractivity contribution < 1.29 is 4.39 Å². The molecular formula is C13H13FN4S. The molecule has 0 aliphatic rings. The van der Waals surface area contributed by atoms with Crippen LogP contribution in [-0.4, -0.2) is 16.4 Å². The van der Waals surface area contributed by atoms with E-state index in [1.807, 2.05) is 34.0 Å². The SMILES string of the molecule is CN(c1cccc(F)c1)c1nc2sccn2c1CN. The first-order valence-electron chi connectivity index (χ1n) is 5.84. The number of imidazole rings is 1. The maximum absolute atomic E-state index is 13.3. The fourth-order valence-corrected chi connectivity index (χ4v) is 2.81. The van der Waals surface area contributed by atoms with Crippen LogP contribution in [0.5, 0.6) is 0 Å². The number of benzene rings is 1. The van der Waals surface area contributed by atoms with Crippen molar-refractivity contribution in [3.63, 3.8) is 0 Å². The lowest BCUT2D eigenvalue weighted by Crippen LogP contribution is -2.14. The van der Waals surface area contributed by atoms with Crippen molar-refractivity contribution in [2.75, 3.05) is 11.9 Å². The molecule has 0 saturated heterocycles. The smallest absolute Gasteiger partial charge is 0.195 e. The number of fused-ring (bicyclic) bond motifs is 1. The molecule has 4 nitrogen and oxygen atoms in total. The standard InChI is InChI=1S/C13H13FN4S/c1-17(10-4-2-3-9(14)7-10)12-11(8-15)18-5-6-19-13(18)16-12/h2-7H,8,15H2,1H3. The summed E-state index contributed by atoms with van der Waals surface area (Å²) >= 11 is 1.55. The van der Waals surface area contributed by atoms with Crippen molar-refractivity contribution in [2.24, 2.45) is 5.73 Å². The number of halogens is 1. The van der Waals surface area contributed by atoms with Crippen LogP contribution < -0.4 is 10.6 Å². The van der Waals surface area contributed by atoms with E-state index in [0.717, 1.165) is 22.2 Å². The molecule has 0 amide bonds. The molecule has 0 aliphatic heterocycles. The van der Waals surface area contributed by atoms with E-state index in [4.69, 9.17) is 5.73 Å². The molecule has 0 radical (unpaired) electrons. The van der Waals surface area contributed by atoms with Crippen LogP contribution in [0, 0.1) is 5.82 Å². The molecule has 3 rings (SSSR count). The Labute approximate surface area is 113 Å². The lowest BCUT2D eigenvalue weighted by Gasteiger charge is -2.18. The summed E-state index contributed by atoms with van der Waals surface area (Å²) < 4.78 is 15.3. The zero-order valence-corrected chi connectivity index (χ0v) is 11.2. The minimum absolute atomic E-state index is 0.264. The van der Waals surface area contributed by atoms with Crippen LogP contribution in [0.15, 0.2) is 35.8 Å². The Morgan fingerprint density at radius 3 is 3.05 bits per heavy atom. The fraction of sp³-hybridized carbons (Fsp3) is 0.154. The Morgan fingerprint density at radius 1 is 1.47 bits per heavy atom. The minimum Gasteiger partial charge on any atom is -0.328 e. The summed E-state index contributed by atoms with van der Waals surface area (Å²) in [5.41, 5.74) is 7.48. The second-order valence-electron chi connectivity index (χ2n) is 4.18. The predicted octanol–water partition coefficient (Wildman–Crippen LogP) is 2.76. The van der Waals surface area contributed by atoms with Gasteiger partial charge in [0, 0.05) is 30.9 Å². The molecule has 1 aromatic carbocycles. The molecule has 6 heteroatoms. The van der Waals surface area contributed by atoms with E-state index in [9.17, 15) is 4.39 Å². The minimum atomic E-state index is -0.264. The Balaban J connectivity index is 2.10. The third-order valence-electron chi connectivity index (χ3n) is 3.05. The van der Waals surface area contributed by atoms with Crippen molar-refractivity contribution >= 4 is 27.8 Å². The number of rotatable bonds is 3. The number of hydrogen-bond acceptors (Lipinski definition) is 4. The van der Waals surface area contributed by atoms with E-state index in [0.29, 0.717) is 6.54 Å². The van der Waals surface area contributed by atoms with Crippen LogP contribution in [-0.2, 0) is 6.54 Å². The second-order valence-corrected chi connectivity index (χ2v) is 5.05. The van der Waals surface area contributed by atoms with Gasteiger partial charge in [-0.3, -0.25) is 4.40 Å². The molecule has 98 valence electrons. The molecule has 0 fully saturated rings. The average molecular weight is 276 g/mol. The average Bonchev–Trinajstić information content (AvgIpc) is 2.97. The van der Waals surface area contributed by atoms with Gasteiger partial charge in [-0.2, -0.15) is 0 Å². The highest BCUT2D eigenvalue weighted by molar-refractivity contribution is 7.15. The molecule has 0 spiro atoms. The van der Waals surface area contributed by atoms with Gasteiger partial charge in [-0.1, -0.05) is 6.07 Å². The van der Waals surface area contributed by atoms with Gasteiger partial charge in [0.15, 0.2) is 10.8 Å². The number of anilines is 2. The lowest BCUT2D eigenvalue weighted by molar-refractivity contribution is 0.628. The Bertz CT molecular complexity index is 718. The first kappa shape index (κ1) is 12.1. The van der Waals surface area contributed by atoms with Gasteiger partial charge in [0.1, 0.15) is 5.82 Å². The summed E-state index contributed by atoms with van der Waals surface area (Å²) in [6.07, 6.45) is 1.94. The summed E-state index contributed by atoms with van der Waals surface area (Å²) in [5.74, 6) is 0.500. The van der Waals surface area contributed by atoms with Crippen LogP contribution >= 0.6 is 11.3 Å². The molecule has 2 aromatic heterocycles. The zero-order valence-electron chi connectivity index (χ0n) is 10.4. The van der Waals surface area contributed by atoms with Gasteiger partial charge in [-0.05, 0) is 18.2 Å². The van der Waals surface area contributed by atoms with Crippen LogP contribution in [0.3, 0.4) is 0 Å². The first-order valence-corrected chi connectivity index (χ1v) is 6.72. The molecular weight excluding hydrogens is 263 g/mol. The van der Waals surface area contributed by atoms with Crippen molar-refractivity contribution in [3.05, 3.63) is 47.4 Å². The third kappa shape index (κ3) is 1.98. The fourth-order valence-electron chi connectivity index (χ4n) is 2.09. The summed E-state index contributed by atoms with van der Waals surface area (Å²) in [4.78, 5) is 7.29. The van der Waals surface area contributed by atoms with Crippen molar-refractivity contribution in [2.45, 2.75) is 6.54 Å². The number of thiazole rings is 1. The van der Waals surface area contributed by atoms with Gasteiger partial charge < -0.3 is 10.6 Å². The normalized spacial score (nSPS) is 11.1. The topological polar surface area (TPSA) is 46.6 Å². The summed E-state index contributed by atoms with van der Waals surface area (Å²) in [5, 5.41) is 1.97. The van der Waals surface area contributed by atoms with E-state index in [2.05, 4.69) is 4.98 Å². The van der Waals surface area contributed by atoms with E-state index >= 15 is 0 Å². The third-order valence-corrected chi connectivity index (χ3v) is 3.80. The Hall–Kier alpha value is -1.92. The molecule has 2 N–H and O–H groups in total. The molecule has 0 bridgehead atoms. The van der Waals surface area contributed by atoms with E-state index in [-0.39, 0.29) is 5.82 Å². The van der Waals surface area contributed by atoms with Gasteiger partial charge in [-0.25, -0.2) is 9.37 Å². The maximum Gasteiger partial charge on any atom is 0.195 e. The number of nitrogens with zero attached hydrogens (tertiary/aromatic N) is 3. The van der Waals surface area contributed by atoms with E-state index in [1.165, 1.54) is 12.1 Å². The highest BCUT2D eigenvalue weighted by atomic mass is 32.1. The first-order chi connectivity index (χ1) is 9.20. The quantitative estimate of drug-likeness (QED) is 0.800. The highest BCUT2D eigenvalue weighted by Crippen LogP contribution is 2.29. The Morgan fingerprint density at radius 2 is 2.32 bits per heavy atom. The largest absolute Gasteiger partial charge is 0.328 e. The maximum atomic E-state index is 13.3. The van der Waals surface area contributed by atoms with Crippen molar-refractivity contribution in [3.8, 4) is 0 Å². The zero-order chi connectivity index (χ0) is 13.4. The van der Waals surface area contributed by atoms with Gasteiger partial charge in [-0.15, -0.1) is 11.3 Å². The van der Waals surface area contributed by atoms with Gasteiger partial charge in [0.05, 0.1) is 5.69 Å². The molecule has 0 aliphatic carbocycles. The van der Waals surface area contributed by atoms with E-state index in [1.54, 1.807) is 17.4 Å². The number of hydrogen-bond donors (Lipinski definition) is 1. The van der Waals surface area contributed by atoms with Gasteiger partial charge >= 0.3 is 0 Å². The monoisotopic (exact) mass is 276 g/mol. The molecule has 0 unspecified atom stereocenters. The predicted molar refractivity (Wildman–Crippen MR) is 75.4 cm³/mol. The molecule has 19 heavy (non-hydrogen) atoms. The Kier molecular flexibility index (Phi) is 2.96. The van der Waals surface area contributed by atoms with Gasteiger partial charge in [0.2, 0.25) is 0 Å². The van der Waals surface area contributed by atoms with Crippen LogP contribution in [0.25, 0.3) is 4.96 Å². The highest BCUT2D eigenvalue weighted by Gasteiger charge is 2.16. The summed E-state index contributed by atoms with van der Waals surface area (Å²) in [6.45, 7) is 0.382. The molecule has 2 heterocycles. The number of aromatic nitrogens is 2.